The zero-order chi connectivity index (χ0) is 18.4. The van der Waals surface area contributed by atoms with E-state index < -0.39 is 0 Å². The first-order valence-electron chi connectivity index (χ1n) is 8.65. The lowest BCUT2D eigenvalue weighted by molar-refractivity contribution is -0.120. The molecule has 0 aliphatic carbocycles. The summed E-state index contributed by atoms with van der Waals surface area (Å²) in [7, 11) is 1.94. The van der Waals surface area contributed by atoms with Crippen LogP contribution in [0.25, 0.3) is 0 Å². The molecule has 4 heteroatoms. The van der Waals surface area contributed by atoms with Crippen molar-refractivity contribution >= 4 is 11.6 Å². The molecule has 0 bridgehead atoms. The number of amides is 1. The van der Waals surface area contributed by atoms with E-state index in [1.54, 1.807) is 0 Å². The van der Waals surface area contributed by atoms with Crippen LogP contribution >= 0.6 is 0 Å². The lowest BCUT2D eigenvalue weighted by atomic mass is 10.1. The van der Waals surface area contributed by atoms with E-state index in [4.69, 9.17) is 4.74 Å². The highest BCUT2D eigenvalue weighted by Crippen LogP contribution is 2.18. The van der Waals surface area contributed by atoms with Gasteiger partial charge in [-0.25, -0.2) is 0 Å². The van der Waals surface area contributed by atoms with Crippen LogP contribution in [0.4, 0.5) is 5.69 Å². The average Bonchev–Trinajstić information content (AvgIpc) is 2.59. The number of benzene rings is 2. The van der Waals surface area contributed by atoms with Crippen molar-refractivity contribution in [1.29, 1.82) is 0 Å². The summed E-state index contributed by atoms with van der Waals surface area (Å²) in [5, 5.41) is 3.03. The summed E-state index contributed by atoms with van der Waals surface area (Å²) < 4.78 is 5.82. The minimum atomic E-state index is -0.236. The second-order valence-corrected chi connectivity index (χ2v) is 6.58. The Kier molecular flexibility index (Phi) is 6.59. The minimum absolute atomic E-state index is 0.00732. The fourth-order valence-electron chi connectivity index (χ4n) is 2.52. The van der Waals surface area contributed by atoms with Crippen molar-refractivity contribution in [1.82, 2.24) is 4.90 Å². The van der Waals surface area contributed by atoms with Crippen LogP contribution in [0, 0.1) is 20.8 Å². The van der Waals surface area contributed by atoms with Crippen molar-refractivity contribution in [3.8, 4) is 5.75 Å². The Morgan fingerprint density at radius 2 is 1.84 bits per heavy atom. The fraction of sp³-hybridized carbons (Fsp3) is 0.381. The van der Waals surface area contributed by atoms with Gasteiger partial charge >= 0.3 is 0 Å². The fourth-order valence-corrected chi connectivity index (χ4v) is 2.52. The van der Waals surface area contributed by atoms with Crippen LogP contribution in [0.15, 0.2) is 42.5 Å². The van der Waals surface area contributed by atoms with Crippen LogP contribution in [0.5, 0.6) is 5.75 Å². The quantitative estimate of drug-likeness (QED) is 0.830. The summed E-state index contributed by atoms with van der Waals surface area (Å²) in [5.74, 6) is 0.885. The summed E-state index contributed by atoms with van der Waals surface area (Å²) in [6, 6.07) is 13.8. The second-order valence-electron chi connectivity index (χ2n) is 6.58. The maximum atomic E-state index is 12.5. The number of anilines is 1. The number of ether oxygens (including phenoxy) is 1. The average molecular weight is 340 g/mol. The van der Waals surface area contributed by atoms with Crippen LogP contribution < -0.4 is 10.1 Å². The highest BCUT2D eigenvalue weighted by atomic mass is 16.5. The van der Waals surface area contributed by atoms with E-state index in [0.717, 1.165) is 28.1 Å². The molecule has 0 saturated heterocycles. The summed E-state index contributed by atoms with van der Waals surface area (Å²) in [6.07, 6.45) is 0. The van der Waals surface area contributed by atoms with Crippen molar-refractivity contribution in [3.05, 3.63) is 59.2 Å². The Morgan fingerprint density at radius 1 is 1.12 bits per heavy atom. The molecule has 0 aromatic heterocycles. The molecule has 1 N–H and O–H groups in total. The Balaban J connectivity index is 1.86. The number of para-hydroxylation sites is 1. The molecule has 0 heterocycles. The number of rotatable bonds is 7. The van der Waals surface area contributed by atoms with Crippen molar-refractivity contribution in [2.75, 3.05) is 25.5 Å². The van der Waals surface area contributed by atoms with Gasteiger partial charge in [0.1, 0.15) is 12.4 Å². The summed E-state index contributed by atoms with van der Waals surface area (Å²) >= 11 is 0. The number of nitrogens with one attached hydrogen (secondary N) is 1. The molecule has 0 spiro atoms. The molecule has 0 aliphatic rings. The van der Waals surface area contributed by atoms with Gasteiger partial charge < -0.3 is 10.1 Å². The maximum absolute atomic E-state index is 12.5. The first kappa shape index (κ1) is 19.0. The zero-order valence-electron chi connectivity index (χ0n) is 15.8. The first-order valence-corrected chi connectivity index (χ1v) is 8.65. The molecular formula is C21H28N2O2. The maximum Gasteiger partial charge on any atom is 0.241 e. The normalized spacial score (nSPS) is 12.1. The van der Waals surface area contributed by atoms with E-state index in [2.05, 4.69) is 5.32 Å². The molecular weight excluding hydrogens is 312 g/mol. The number of carbonyl (C=O) groups excluding carboxylic acids is 1. The lowest BCUT2D eigenvalue weighted by Crippen LogP contribution is -2.41. The molecule has 1 amide bonds. The van der Waals surface area contributed by atoms with Gasteiger partial charge in [-0.05, 0) is 63.6 Å². The molecule has 4 nitrogen and oxygen atoms in total. The number of hydrogen-bond donors (Lipinski definition) is 1. The topological polar surface area (TPSA) is 41.6 Å². The molecule has 2 rings (SSSR count). The third-order valence-electron chi connectivity index (χ3n) is 4.49. The Hall–Kier alpha value is -2.33. The van der Waals surface area contributed by atoms with Crippen LogP contribution in [0.1, 0.15) is 23.6 Å². The third kappa shape index (κ3) is 5.33. The van der Waals surface area contributed by atoms with Gasteiger partial charge in [-0.3, -0.25) is 9.69 Å². The van der Waals surface area contributed by atoms with E-state index in [9.17, 15) is 4.79 Å². The summed E-state index contributed by atoms with van der Waals surface area (Å²) in [6.45, 7) is 9.18. The SMILES string of the molecule is Cc1ccc(C)c(NC(=O)C(C)N(C)CCOc2ccccc2C)c1. The number of hydrogen-bond acceptors (Lipinski definition) is 3. The predicted molar refractivity (Wildman–Crippen MR) is 103 cm³/mol. The van der Waals surface area contributed by atoms with Crippen molar-refractivity contribution < 1.29 is 9.53 Å². The molecule has 134 valence electrons. The van der Waals surface area contributed by atoms with E-state index in [0.29, 0.717) is 13.2 Å². The van der Waals surface area contributed by atoms with Gasteiger partial charge in [0.25, 0.3) is 0 Å². The van der Waals surface area contributed by atoms with Gasteiger partial charge in [-0.15, -0.1) is 0 Å². The number of likely N-dealkylation sites (N-methyl/N-ethyl adjacent to an activating group) is 1. The number of aryl methyl sites for hydroxylation is 3. The van der Waals surface area contributed by atoms with E-state index in [-0.39, 0.29) is 11.9 Å². The summed E-state index contributed by atoms with van der Waals surface area (Å²) in [4.78, 5) is 14.5. The Morgan fingerprint density at radius 3 is 2.56 bits per heavy atom. The van der Waals surface area contributed by atoms with Gasteiger partial charge in [0, 0.05) is 12.2 Å². The van der Waals surface area contributed by atoms with Crippen LogP contribution in [-0.4, -0.2) is 37.0 Å². The monoisotopic (exact) mass is 340 g/mol. The number of carbonyl (C=O) groups is 1. The molecule has 1 unspecified atom stereocenters. The van der Waals surface area contributed by atoms with Gasteiger partial charge in [0.2, 0.25) is 5.91 Å². The molecule has 25 heavy (non-hydrogen) atoms. The molecule has 2 aromatic rings. The Bertz CT molecular complexity index is 728. The largest absolute Gasteiger partial charge is 0.492 e. The highest BCUT2D eigenvalue weighted by Gasteiger charge is 2.18. The van der Waals surface area contributed by atoms with Crippen LogP contribution in [-0.2, 0) is 4.79 Å². The van der Waals surface area contributed by atoms with Crippen LogP contribution in [0.3, 0.4) is 0 Å². The molecule has 0 fully saturated rings. The highest BCUT2D eigenvalue weighted by molar-refractivity contribution is 5.95. The molecule has 0 saturated carbocycles. The van der Waals surface area contributed by atoms with Gasteiger partial charge in [0.05, 0.1) is 6.04 Å². The predicted octanol–water partition coefficient (Wildman–Crippen LogP) is 3.95. The zero-order valence-corrected chi connectivity index (χ0v) is 15.8. The van der Waals surface area contributed by atoms with Crippen molar-refractivity contribution in [2.45, 2.75) is 33.7 Å². The third-order valence-corrected chi connectivity index (χ3v) is 4.49. The summed E-state index contributed by atoms with van der Waals surface area (Å²) in [5.41, 5.74) is 4.19. The van der Waals surface area contributed by atoms with E-state index >= 15 is 0 Å². The molecule has 2 aromatic carbocycles. The van der Waals surface area contributed by atoms with Crippen molar-refractivity contribution in [3.63, 3.8) is 0 Å². The minimum Gasteiger partial charge on any atom is -0.492 e. The smallest absolute Gasteiger partial charge is 0.241 e. The molecule has 0 radical (unpaired) electrons. The van der Waals surface area contributed by atoms with Gasteiger partial charge in [-0.1, -0.05) is 30.3 Å². The van der Waals surface area contributed by atoms with Gasteiger partial charge in [-0.2, -0.15) is 0 Å². The lowest BCUT2D eigenvalue weighted by Gasteiger charge is -2.24. The number of nitrogens with zero attached hydrogens (tertiary/aromatic N) is 1. The first-order chi connectivity index (χ1) is 11.9. The molecule has 0 aliphatic heterocycles. The van der Waals surface area contributed by atoms with Crippen LogP contribution in [0.2, 0.25) is 0 Å². The van der Waals surface area contributed by atoms with E-state index in [1.165, 1.54) is 0 Å². The Labute approximate surface area is 150 Å². The molecule has 1 atom stereocenters. The van der Waals surface area contributed by atoms with Gasteiger partial charge in [0.15, 0.2) is 0 Å². The van der Waals surface area contributed by atoms with Crippen molar-refractivity contribution in [2.24, 2.45) is 0 Å². The second kappa shape index (κ2) is 8.67. The standard InChI is InChI=1S/C21H28N2O2/c1-15-10-11-16(2)19(14-15)22-21(24)18(4)23(5)12-13-25-20-9-7-6-8-17(20)3/h6-11,14,18H,12-13H2,1-5H3,(H,22,24). The van der Waals surface area contributed by atoms with E-state index in [1.807, 2.05) is 82.1 Å².